The monoisotopic (exact) mass is 616 g/mol. The van der Waals surface area contributed by atoms with Gasteiger partial charge >= 0.3 is 11.9 Å². The first-order valence-electron chi connectivity index (χ1n) is 15.7. The van der Waals surface area contributed by atoms with Crippen LogP contribution >= 0.6 is 0 Å². The van der Waals surface area contributed by atoms with Crippen LogP contribution in [0.3, 0.4) is 0 Å². The highest BCUT2D eigenvalue weighted by atomic mass is 16.6. The second-order valence-electron chi connectivity index (χ2n) is 12.0. The predicted octanol–water partition coefficient (Wildman–Crippen LogP) is 5.21. The zero-order valence-electron chi connectivity index (χ0n) is 25.8. The maximum atomic E-state index is 14.1. The number of amides is 1. The van der Waals surface area contributed by atoms with E-state index in [1.54, 1.807) is 6.92 Å². The summed E-state index contributed by atoms with van der Waals surface area (Å²) in [6.07, 6.45) is 0.923. The minimum absolute atomic E-state index is 0.00462. The highest BCUT2D eigenvalue weighted by Gasteiger charge is 2.50. The van der Waals surface area contributed by atoms with Gasteiger partial charge in [0.1, 0.15) is 0 Å². The molecule has 6 unspecified atom stereocenters. The summed E-state index contributed by atoms with van der Waals surface area (Å²) >= 11 is 0. The Morgan fingerprint density at radius 1 is 0.739 bits per heavy atom. The summed E-state index contributed by atoms with van der Waals surface area (Å²) in [6, 6.07) is 37.4. The molecule has 7 nitrogen and oxygen atoms in total. The van der Waals surface area contributed by atoms with Crippen molar-refractivity contribution in [3.05, 3.63) is 144 Å². The molecule has 0 aliphatic carbocycles. The first-order chi connectivity index (χ1) is 22.3. The Labute approximate surface area is 269 Å². The standard InChI is InChI=1S/C39H39NO6/c1-26(29-18-10-4-11-19-29)34(37(42)43)33(36(41)40-25-28-16-8-3-9-17-28)24-32(30-20-12-5-13-21-30)35-31(38(44)46-39(35)45)23-22-27-14-6-2-7-15-27/h2-21,26,31-35H,22-25H2,1H3,(H,40,41)(H,42,43)/p-1. The molecule has 0 spiro atoms. The van der Waals surface area contributed by atoms with Crippen LogP contribution in [-0.4, -0.2) is 23.8 Å². The van der Waals surface area contributed by atoms with Gasteiger partial charge in [-0.2, -0.15) is 0 Å². The number of rotatable bonds is 14. The van der Waals surface area contributed by atoms with Crippen LogP contribution in [0.4, 0.5) is 0 Å². The number of hydrogen-bond donors (Lipinski definition) is 1. The number of esters is 2. The lowest BCUT2D eigenvalue weighted by Gasteiger charge is -2.36. The van der Waals surface area contributed by atoms with Gasteiger partial charge in [0.05, 0.1) is 11.8 Å². The van der Waals surface area contributed by atoms with Crippen LogP contribution < -0.4 is 10.4 Å². The van der Waals surface area contributed by atoms with Crippen LogP contribution in [0.2, 0.25) is 0 Å². The number of carboxylic acids is 1. The molecule has 4 aromatic rings. The van der Waals surface area contributed by atoms with Crippen molar-refractivity contribution >= 4 is 23.8 Å². The summed E-state index contributed by atoms with van der Waals surface area (Å²) in [5, 5.41) is 15.9. The smallest absolute Gasteiger partial charge is 0.318 e. The first-order valence-corrected chi connectivity index (χ1v) is 15.7. The number of nitrogens with one attached hydrogen (secondary N) is 1. The zero-order chi connectivity index (χ0) is 32.5. The fraction of sp³-hybridized carbons (Fsp3) is 0.282. The summed E-state index contributed by atoms with van der Waals surface area (Å²) in [5.41, 5.74) is 3.37. The number of aliphatic carboxylic acids is 1. The lowest BCUT2D eigenvalue weighted by molar-refractivity contribution is -0.314. The van der Waals surface area contributed by atoms with Crippen LogP contribution in [-0.2, 0) is 36.9 Å². The van der Waals surface area contributed by atoms with Gasteiger partial charge in [-0.25, -0.2) is 0 Å². The van der Waals surface area contributed by atoms with Crippen molar-refractivity contribution in [2.24, 2.45) is 23.7 Å². The van der Waals surface area contributed by atoms with Gasteiger partial charge < -0.3 is 20.0 Å². The molecule has 0 bridgehead atoms. The molecule has 7 heteroatoms. The molecule has 0 radical (unpaired) electrons. The molecule has 1 aliphatic heterocycles. The Hall–Kier alpha value is -5.04. The molecule has 1 heterocycles. The van der Waals surface area contributed by atoms with E-state index < -0.39 is 59.3 Å². The topological polar surface area (TPSA) is 113 Å². The van der Waals surface area contributed by atoms with Gasteiger partial charge in [0.15, 0.2) is 0 Å². The molecule has 1 fully saturated rings. The third-order valence-corrected chi connectivity index (χ3v) is 9.18. The maximum absolute atomic E-state index is 14.1. The predicted molar refractivity (Wildman–Crippen MR) is 172 cm³/mol. The van der Waals surface area contributed by atoms with E-state index in [0.29, 0.717) is 12.8 Å². The van der Waals surface area contributed by atoms with Crippen molar-refractivity contribution in [1.29, 1.82) is 0 Å². The Bertz CT molecular complexity index is 1610. The van der Waals surface area contributed by atoms with E-state index in [1.165, 1.54) is 0 Å². The van der Waals surface area contributed by atoms with Crippen molar-refractivity contribution in [1.82, 2.24) is 5.32 Å². The van der Waals surface area contributed by atoms with E-state index >= 15 is 0 Å². The third kappa shape index (κ3) is 7.78. The second-order valence-corrected chi connectivity index (χ2v) is 12.0. The molecule has 1 N–H and O–H groups in total. The van der Waals surface area contributed by atoms with Crippen molar-refractivity contribution in [3.8, 4) is 0 Å². The van der Waals surface area contributed by atoms with E-state index in [0.717, 1.165) is 22.3 Å². The van der Waals surface area contributed by atoms with Gasteiger partial charge in [0, 0.05) is 24.3 Å². The number of hydrogen-bond acceptors (Lipinski definition) is 6. The molecular weight excluding hydrogens is 578 g/mol. The largest absolute Gasteiger partial charge is 0.550 e. The molecule has 6 atom stereocenters. The number of benzene rings is 4. The average molecular weight is 617 g/mol. The number of carbonyl (C=O) groups is 4. The van der Waals surface area contributed by atoms with Crippen LogP contribution in [0.1, 0.15) is 53.9 Å². The van der Waals surface area contributed by atoms with Crippen LogP contribution in [0.25, 0.3) is 0 Å². The van der Waals surface area contributed by atoms with Crippen molar-refractivity contribution in [2.75, 3.05) is 0 Å². The molecule has 5 rings (SSSR count). The molecular formula is C39H38NO6-. The summed E-state index contributed by atoms with van der Waals surface area (Å²) in [6.45, 7) is 1.98. The number of carboxylic acid groups (broad SMARTS) is 1. The van der Waals surface area contributed by atoms with E-state index in [2.05, 4.69) is 5.32 Å². The molecule has 1 aliphatic rings. The molecule has 0 saturated carbocycles. The van der Waals surface area contributed by atoms with Crippen LogP contribution in [0.5, 0.6) is 0 Å². The number of cyclic esters (lactones) is 2. The van der Waals surface area contributed by atoms with Crippen molar-refractivity contribution in [2.45, 2.75) is 44.6 Å². The molecule has 4 aromatic carbocycles. The highest BCUT2D eigenvalue weighted by Crippen LogP contribution is 2.45. The number of ether oxygens (including phenoxy) is 1. The van der Waals surface area contributed by atoms with Crippen molar-refractivity contribution < 1.29 is 29.0 Å². The maximum Gasteiger partial charge on any atom is 0.318 e. The number of carbonyl (C=O) groups excluding carboxylic acids is 4. The molecule has 46 heavy (non-hydrogen) atoms. The quantitative estimate of drug-likeness (QED) is 0.154. The summed E-state index contributed by atoms with van der Waals surface area (Å²) in [7, 11) is 0. The SMILES string of the molecule is CC(c1ccccc1)C(C(=O)[O-])C(CC(c1ccccc1)C1C(=O)OC(=O)C1CCc1ccccc1)C(=O)NCc1ccccc1. The molecule has 1 amide bonds. The van der Waals surface area contributed by atoms with Crippen molar-refractivity contribution in [3.63, 3.8) is 0 Å². The Kier molecular flexibility index (Phi) is 10.8. The summed E-state index contributed by atoms with van der Waals surface area (Å²) < 4.78 is 5.24. The lowest BCUT2D eigenvalue weighted by Crippen LogP contribution is -2.46. The lowest BCUT2D eigenvalue weighted by atomic mass is 9.68. The van der Waals surface area contributed by atoms with Gasteiger partial charge in [-0.05, 0) is 53.4 Å². The minimum atomic E-state index is -1.35. The van der Waals surface area contributed by atoms with Gasteiger partial charge in [0.25, 0.3) is 0 Å². The molecule has 236 valence electrons. The number of aryl methyl sites for hydroxylation is 1. The first kappa shape index (κ1) is 32.4. The Morgan fingerprint density at radius 2 is 1.26 bits per heavy atom. The molecule has 0 aromatic heterocycles. The minimum Gasteiger partial charge on any atom is -0.550 e. The normalized spacial score (nSPS) is 18.6. The Balaban J connectivity index is 1.52. The third-order valence-electron chi connectivity index (χ3n) is 9.18. The van der Waals surface area contributed by atoms with E-state index in [9.17, 15) is 24.3 Å². The van der Waals surface area contributed by atoms with Gasteiger partial charge in [-0.3, -0.25) is 14.4 Å². The van der Waals surface area contributed by atoms with Crippen LogP contribution in [0, 0.1) is 23.7 Å². The summed E-state index contributed by atoms with van der Waals surface area (Å²) in [4.78, 5) is 53.7. The average Bonchev–Trinajstić information content (AvgIpc) is 3.37. The van der Waals surface area contributed by atoms with Gasteiger partial charge in [0.2, 0.25) is 5.91 Å². The van der Waals surface area contributed by atoms with Crippen LogP contribution in [0.15, 0.2) is 121 Å². The Morgan fingerprint density at radius 3 is 1.83 bits per heavy atom. The van der Waals surface area contributed by atoms with Gasteiger partial charge in [-0.15, -0.1) is 0 Å². The fourth-order valence-corrected chi connectivity index (χ4v) is 6.74. The van der Waals surface area contributed by atoms with Gasteiger partial charge in [-0.1, -0.05) is 128 Å². The van der Waals surface area contributed by atoms with E-state index in [-0.39, 0.29) is 13.0 Å². The van der Waals surface area contributed by atoms with E-state index in [4.69, 9.17) is 4.74 Å². The second kappa shape index (κ2) is 15.3. The summed E-state index contributed by atoms with van der Waals surface area (Å²) in [5.74, 6) is -8.26. The molecule has 1 saturated heterocycles. The fourth-order valence-electron chi connectivity index (χ4n) is 6.74. The highest BCUT2D eigenvalue weighted by molar-refractivity contribution is 5.97. The van der Waals surface area contributed by atoms with E-state index in [1.807, 2.05) is 121 Å². The zero-order valence-corrected chi connectivity index (χ0v) is 25.8.